The van der Waals surface area contributed by atoms with Gasteiger partial charge in [0.05, 0.1) is 25.4 Å². The van der Waals surface area contributed by atoms with Gasteiger partial charge in [-0.2, -0.15) is 0 Å². The summed E-state index contributed by atoms with van der Waals surface area (Å²) in [5.41, 5.74) is 0. The smallest absolute Gasteiger partial charge is 0.231 e. The first-order chi connectivity index (χ1) is 15.3. The van der Waals surface area contributed by atoms with Crippen LogP contribution >= 0.6 is 0 Å². The van der Waals surface area contributed by atoms with Crippen molar-refractivity contribution in [1.29, 1.82) is 0 Å². The van der Waals surface area contributed by atoms with Crippen LogP contribution in [0.1, 0.15) is 6.42 Å². The van der Waals surface area contributed by atoms with Crippen molar-refractivity contribution in [3.8, 4) is 17.2 Å². The van der Waals surface area contributed by atoms with Gasteiger partial charge in [0, 0.05) is 12.0 Å². The minimum atomic E-state index is -1.59. The van der Waals surface area contributed by atoms with Crippen LogP contribution in [0.25, 0.3) is 0 Å². The van der Waals surface area contributed by atoms with Gasteiger partial charge in [-0.15, -0.1) is 0 Å². The largest absolute Gasteiger partial charge is 0.462 e. The van der Waals surface area contributed by atoms with E-state index in [1.54, 1.807) is 18.2 Å². The highest BCUT2D eigenvalue weighted by molar-refractivity contribution is 5.46. The number of aliphatic hydroxyl groups excluding tert-OH is 7. The molecule has 0 aliphatic carbocycles. The van der Waals surface area contributed by atoms with E-state index in [9.17, 15) is 35.7 Å². The molecule has 3 aliphatic heterocycles. The van der Waals surface area contributed by atoms with Gasteiger partial charge < -0.3 is 59.4 Å². The summed E-state index contributed by atoms with van der Waals surface area (Å²) in [5, 5.41) is 70.8. The fraction of sp³-hybridized carbons (Fsp3) is 0.700. The van der Waals surface area contributed by atoms with Crippen LogP contribution in [0.3, 0.4) is 0 Å². The molecule has 3 heterocycles. The molecule has 32 heavy (non-hydrogen) atoms. The van der Waals surface area contributed by atoms with Gasteiger partial charge in [0.15, 0.2) is 11.5 Å². The third kappa shape index (κ3) is 4.38. The van der Waals surface area contributed by atoms with Crippen LogP contribution in [0.5, 0.6) is 17.2 Å². The number of fused-ring (bicyclic) bond motifs is 1. The Labute approximate surface area is 183 Å². The minimum Gasteiger partial charge on any atom is -0.462 e. The number of rotatable bonds is 6. The second kappa shape index (κ2) is 9.63. The summed E-state index contributed by atoms with van der Waals surface area (Å²) in [4.78, 5) is 0. The van der Waals surface area contributed by atoms with Gasteiger partial charge >= 0.3 is 0 Å². The van der Waals surface area contributed by atoms with E-state index >= 15 is 0 Å². The maximum atomic E-state index is 10.9. The summed E-state index contributed by atoms with van der Waals surface area (Å²) in [7, 11) is 0. The highest BCUT2D eigenvalue weighted by atomic mass is 16.7. The molecule has 0 saturated carbocycles. The van der Waals surface area contributed by atoms with E-state index in [0.29, 0.717) is 11.5 Å². The lowest BCUT2D eigenvalue weighted by molar-refractivity contribution is -0.278. The molecule has 4 rings (SSSR count). The summed E-state index contributed by atoms with van der Waals surface area (Å²) >= 11 is 0. The van der Waals surface area contributed by atoms with Crippen molar-refractivity contribution >= 4 is 0 Å². The molecule has 0 bridgehead atoms. The lowest BCUT2D eigenvalue weighted by Crippen LogP contribution is -2.62. The zero-order chi connectivity index (χ0) is 23.0. The van der Waals surface area contributed by atoms with Crippen LogP contribution in [-0.2, 0) is 9.47 Å². The van der Waals surface area contributed by atoms with Gasteiger partial charge in [-0.1, -0.05) is 0 Å². The fourth-order valence-electron chi connectivity index (χ4n) is 4.27. The van der Waals surface area contributed by atoms with Crippen molar-refractivity contribution in [2.75, 3.05) is 20.0 Å². The van der Waals surface area contributed by atoms with Crippen molar-refractivity contribution in [2.45, 2.75) is 61.5 Å². The van der Waals surface area contributed by atoms with Crippen molar-refractivity contribution in [1.82, 2.24) is 0 Å². The van der Waals surface area contributed by atoms with Gasteiger partial charge in [0.25, 0.3) is 0 Å². The molecule has 0 amide bonds. The number of ether oxygens (including phenoxy) is 5. The second-order valence-electron chi connectivity index (χ2n) is 8.11. The van der Waals surface area contributed by atoms with Gasteiger partial charge in [0.1, 0.15) is 42.4 Å². The van der Waals surface area contributed by atoms with Crippen LogP contribution in [-0.4, -0.2) is 111 Å². The fourth-order valence-corrected chi connectivity index (χ4v) is 4.27. The van der Waals surface area contributed by atoms with E-state index in [2.05, 4.69) is 0 Å². The maximum absolute atomic E-state index is 10.9. The van der Waals surface area contributed by atoms with Crippen LogP contribution in [0.2, 0.25) is 0 Å². The molecule has 2 saturated heterocycles. The summed E-state index contributed by atoms with van der Waals surface area (Å²) in [6.07, 6.45) is -12.2. The summed E-state index contributed by atoms with van der Waals surface area (Å²) in [5.74, 6) is 0.273. The van der Waals surface area contributed by atoms with Gasteiger partial charge in [-0.3, -0.25) is 0 Å². The van der Waals surface area contributed by atoms with E-state index in [0.717, 1.165) is 0 Å². The SMILES string of the molecule is OC[C@H]1O[C@H](C[C@@H]2[C@H](O)[C@@H](Oc3ccc4c(c3)OCO4)O[C@H](CO)[C@H]2O)[C@@H](O)[C@@H](O)[C@@H]1O. The van der Waals surface area contributed by atoms with E-state index < -0.39 is 74.3 Å². The van der Waals surface area contributed by atoms with Gasteiger partial charge in [-0.05, 0) is 18.6 Å². The molecule has 10 atom stereocenters. The van der Waals surface area contributed by atoms with E-state index in [4.69, 9.17) is 23.7 Å². The average Bonchev–Trinajstić information content (AvgIpc) is 3.26. The Kier molecular flexibility index (Phi) is 7.05. The first-order valence-corrected chi connectivity index (χ1v) is 10.3. The average molecular weight is 460 g/mol. The molecular formula is C20H28O12. The van der Waals surface area contributed by atoms with E-state index in [-0.39, 0.29) is 19.0 Å². The maximum Gasteiger partial charge on any atom is 0.231 e. The Morgan fingerprint density at radius 1 is 0.750 bits per heavy atom. The highest BCUT2D eigenvalue weighted by Crippen LogP contribution is 2.38. The Hall–Kier alpha value is -1.74. The summed E-state index contributed by atoms with van der Waals surface area (Å²) < 4.78 is 27.3. The number of hydrogen-bond donors (Lipinski definition) is 7. The molecule has 3 aliphatic rings. The number of benzene rings is 1. The zero-order valence-corrected chi connectivity index (χ0v) is 17.0. The van der Waals surface area contributed by atoms with Crippen LogP contribution in [0.15, 0.2) is 18.2 Å². The quantitative estimate of drug-likeness (QED) is 0.230. The Bertz CT molecular complexity index is 775. The highest BCUT2D eigenvalue weighted by Gasteiger charge is 2.50. The van der Waals surface area contributed by atoms with Crippen molar-refractivity contribution in [3.63, 3.8) is 0 Å². The first-order valence-electron chi connectivity index (χ1n) is 10.3. The monoisotopic (exact) mass is 460 g/mol. The molecule has 0 spiro atoms. The normalized spacial score (nSPS) is 41.5. The molecule has 7 N–H and O–H groups in total. The Morgan fingerprint density at radius 2 is 1.41 bits per heavy atom. The predicted octanol–water partition coefficient (Wildman–Crippen LogP) is -2.92. The molecule has 12 heteroatoms. The molecule has 0 unspecified atom stereocenters. The lowest BCUT2D eigenvalue weighted by Gasteiger charge is -2.46. The second-order valence-corrected chi connectivity index (χ2v) is 8.11. The van der Waals surface area contributed by atoms with E-state index in [1.165, 1.54) is 0 Å². The van der Waals surface area contributed by atoms with Crippen molar-refractivity contribution in [3.05, 3.63) is 18.2 Å². The molecule has 2 fully saturated rings. The predicted molar refractivity (Wildman–Crippen MR) is 103 cm³/mol. The third-order valence-corrected chi connectivity index (χ3v) is 6.12. The molecule has 180 valence electrons. The van der Waals surface area contributed by atoms with Crippen LogP contribution in [0, 0.1) is 5.92 Å². The van der Waals surface area contributed by atoms with Crippen molar-refractivity contribution < 1.29 is 59.4 Å². The summed E-state index contributed by atoms with van der Waals surface area (Å²) in [6.45, 7) is -1.10. The topological polar surface area (TPSA) is 188 Å². The lowest BCUT2D eigenvalue weighted by atomic mass is 9.81. The zero-order valence-electron chi connectivity index (χ0n) is 17.0. The van der Waals surface area contributed by atoms with Gasteiger partial charge in [-0.25, -0.2) is 0 Å². The molecule has 1 aromatic carbocycles. The Balaban J connectivity index is 1.50. The van der Waals surface area contributed by atoms with E-state index in [1.807, 2.05) is 0 Å². The molecule has 12 nitrogen and oxygen atoms in total. The van der Waals surface area contributed by atoms with Crippen LogP contribution < -0.4 is 14.2 Å². The van der Waals surface area contributed by atoms with Gasteiger partial charge in [0.2, 0.25) is 13.1 Å². The molecule has 0 aromatic heterocycles. The standard InChI is InChI=1S/C20H28O12/c21-5-13-15(23)9(4-12-17(25)19(27)18(26)14(6-22)31-12)16(24)20(32-13)30-8-1-2-10-11(3-8)29-7-28-10/h1-3,9,12-27H,4-7H2/t9-,12+,13+,14+,15-,16-,17+,18+,19+,20-/m0/s1. The molecular weight excluding hydrogens is 432 g/mol. The number of aliphatic hydroxyl groups is 7. The Morgan fingerprint density at radius 3 is 2.12 bits per heavy atom. The third-order valence-electron chi connectivity index (χ3n) is 6.12. The summed E-state index contributed by atoms with van der Waals surface area (Å²) in [6, 6.07) is 4.75. The van der Waals surface area contributed by atoms with Crippen molar-refractivity contribution in [2.24, 2.45) is 5.92 Å². The molecule has 1 aromatic rings. The van der Waals surface area contributed by atoms with Crippen LogP contribution in [0.4, 0.5) is 0 Å². The first kappa shape index (κ1) is 23.4. The number of hydrogen-bond acceptors (Lipinski definition) is 12. The minimum absolute atomic E-state index is 0.0707. The molecule has 0 radical (unpaired) electrons.